The van der Waals surface area contributed by atoms with Crippen LogP contribution in [0.5, 0.6) is 0 Å². The van der Waals surface area contributed by atoms with Crippen molar-refractivity contribution in [1.29, 1.82) is 0 Å². The van der Waals surface area contributed by atoms with E-state index in [1.165, 1.54) is 22.3 Å². The van der Waals surface area contributed by atoms with Gasteiger partial charge in [0.25, 0.3) is 0 Å². The number of hydrogen-bond donors (Lipinski definition) is 3. The Labute approximate surface area is 195 Å². The zero-order valence-electron chi connectivity index (χ0n) is 21.0. The normalized spacial score (nSPS) is 13.3. The van der Waals surface area contributed by atoms with Crippen LogP contribution in [0.4, 0.5) is 0 Å². The second-order valence-corrected chi connectivity index (χ2v) is 9.22. The van der Waals surface area contributed by atoms with Crippen molar-refractivity contribution in [3.63, 3.8) is 0 Å². The average Bonchev–Trinajstić information content (AvgIpc) is 2.75. The molecule has 0 unspecified atom stereocenters. The zero-order chi connectivity index (χ0) is 24.4. The van der Waals surface area contributed by atoms with E-state index in [-0.39, 0.29) is 13.0 Å². The molecular weight excluding hydrogens is 404 g/mol. The van der Waals surface area contributed by atoms with Crippen molar-refractivity contribution >= 4 is 5.97 Å². The van der Waals surface area contributed by atoms with Gasteiger partial charge in [0.1, 0.15) is 6.61 Å². The van der Waals surface area contributed by atoms with Crippen LogP contribution < -0.4 is 0 Å². The molecule has 0 aliphatic heterocycles. The van der Waals surface area contributed by atoms with E-state index in [1.807, 2.05) is 0 Å². The molecule has 0 heterocycles. The highest BCUT2D eigenvalue weighted by atomic mass is 16.5. The summed E-state index contributed by atoms with van der Waals surface area (Å²) in [7, 11) is 0. The standard InChI is InChI=1S/C27H46O5/c1-22(2)10-6-11-23(3)12-7-13-24(4)14-8-15-25(5)16-9-17-26(31)32-21-27(18-28,19-29)20-30/h10,12,14,16,28-30H,6-9,11,13,15,17-21H2,1-5H3/b23-12+,24-14+,25-16?. The maximum atomic E-state index is 11.8. The van der Waals surface area contributed by atoms with E-state index in [0.29, 0.717) is 6.42 Å². The minimum atomic E-state index is -1.17. The summed E-state index contributed by atoms with van der Waals surface area (Å²) in [6.07, 6.45) is 16.2. The quantitative estimate of drug-likeness (QED) is 0.203. The molecule has 0 aromatic carbocycles. The van der Waals surface area contributed by atoms with Crippen LogP contribution in [-0.2, 0) is 9.53 Å². The molecule has 5 nitrogen and oxygen atoms in total. The van der Waals surface area contributed by atoms with E-state index >= 15 is 0 Å². The number of esters is 1. The molecule has 0 spiro atoms. The number of aliphatic hydroxyl groups excluding tert-OH is 3. The summed E-state index contributed by atoms with van der Waals surface area (Å²) in [4.78, 5) is 11.8. The first-order valence-corrected chi connectivity index (χ1v) is 11.8. The lowest BCUT2D eigenvalue weighted by Crippen LogP contribution is -2.39. The molecule has 0 aliphatic carbocycles. The van der Waals surface area contributed by atoms with Gasteiger partial charge in [-0.1, -0.05) is 46.6 Å². The van der Waals surface area contributed by atoms with Crippen molar-refractivity contribution in [3.8, 4) is 0 Å². The van der Waals surface area contributed by atoms with Crippen molar-refractivity contribution in [2.24, 2.45) is 5.41 Å². The summed E-state index contributed by atoms with van der Waals surface area (Å²) >= 11 is 0. The van der Waals surface area contributed by atoms with Crippen molar-refractivity contribution in [1.82, 2.24) is 0 Å². The summed E-state index contributed by atoms with van der Waals surface area (Å²) < 4.78 is 5.10. The van der Waals surface area contributed by atoms with E-state index < -0.39 is 31.2 Å². The molecule has 0 aromatic heterocycles. The summed E-state index contributed by atoms with van der Waals surface area (Å²) in [5.41, 5.74) is 4.32. The summed E-state index contributed by atoms with van der Waals surface area (Å²) in [5, 5.41) is 27.7. The van der Waals surface area contributed by atoms with E-state index in [4.69, 9.17) is 4.74 Å². The molecule has 0 aromatic rings. The first-order valence-electron chi connectivity index (χ1n) is 11.8. The number of ether oxygens (including phenoxy) is 1. The van der Waals surface area contributed by atoms with Gasteiger partial charge in [0.05, 0.1) is 25.2 Å². The maximum Gasteiger partial charge on any atom is 0.306 e. The van der Waals surface area contributed by atoms with Crippen LogP contribution >= 0.6 is 0 Å². The third-order valence-electron chi connectivity index (χ3n) is 5.54. The Hall–Kier alpha value is -1.69. The highest BCUT2D eigenvalue weighted by molar-refractivity contribution is 5.69. The predicted molar refractivity (Wildman–Crippen MR) is 132 cm³/mol. The Bertz CT molecular complexity index is 639. The van der Waals surface area contributed by atoms with E-state index in [9.17, 15) is 20.1 Å². The van der Waals surface area contributed by atoms with Crippen molar-refractivity contribution in [2.75, 3.05) is 26.4 Å². The van der Waals surface area contributed by atoms with Crippen LogP contribution in [0, 0.1) is 5.41 Å². The number of hydrogen-bond acceptors (Lipinski definition) is 5. The fourth-order valence-corrected chi connectivity index (χ4v) is 3.02. The molecule has 0 aliphatic rings. The molecule has 184 valence electrons. The van der Waals surface area contributed by atoms with Crippen LogP contribution in [0.25, 0.3) is 0 Å². The van der Waals surface area contributed by atoms with Crippen LogP contribution in [-0.4, -0.2) is 47.7 Å². The van der Waals surface area contributed by atoms with Gasteiger partial charge in [0.2, 0.25) is 0 Å². The van der Waals surface area contributed by atoms with Gasteiger partial charge in [-0.25, -0.2) is 0 Å². The van der Waals surface area contributed by atoms with Gasteiger partial charge in [-0.2, -0.15) is 0 Å². The molecule has 0 atom stereocenters. The molecule has 3 N–H and O–H groups in total. The van der Waals surface area contributed by atoms with Gasteiger partial charge >= 0.3 is 5.97 Å². The van der Waals surface area contributed by atoms with Gasteiger partial charge in [-0.05, 0) is 79.6 Å². The number of allylic oxidation sites excluding steroid dienone is 8. The summed E-state index contributed by atoms with van der Waals surface area (Å²) in [6.45, 7) is 9.24. The molecule has 0 bridgehead atoms. The highest BCUT2D eigenvalue weighted by Gasteiger charge is 2.29. The van der Waals surface area contributed by atoms with Gasteiger partial charge < -0.3 is 20.1 Å². The SMILES string of the molecule is CC(C)=CCC/C(C)=C/CC/C(C)=C/CCC(C)=CCCC(=O)OCC(CO)(CO)CO. The lowest BCUT2D eigenvalue weighted by Gasteiger charge is -2.26. The Morgan fingerprint density at radius 2 is 1.03 bits per heavy atom. The molecule has 0 saturated carbocycles. The number of rotatable bonds is 17. The molecular formula is C27H46O5. The fourth-order valence-electron chi connectivity index (χ4n) is 3.02. The van der Waals surface area contributed by atoms with Crippen molar-refractivity contribution in [2.45, 2.75) is 86.0 Å². The Morgan fingerprint density at radius 3 is 1.41 bits per heavy atom. The minimum absolute atomic E-state index is 0.188. The molecule has 0 amide bonds. The Kier molecular flexibility index (Phi) is 16.9. The predicted octanol–water partition coefficient (Wildman–Crippen LogP) is 5.42. The van der Waals surface area contributed by atoms with E-state index in [2.05, 4.69) is 58.9 Å². The number of aliphatic hydroxyl groups is 3. The highest BCUT2D eigenvalue weighted by Crippen LogP contribution is 2.16. The van der Waals surface area contributed by atoms with Gasteiger partial charge in [-0.15, -0.1) is 0 Å². The lowest BCUT2D eigenvalue weighted by atomic mass is 9.93. The van der Waals surface area contributed by atoms with Gasteiger partial charge in [0, 0.05) is 6.42 Å². The molecule has 5 heteroatoms. The molecule has 32 heavy (non-hydrogen) atoms. The number of carbonyl (C=O) groups is 1. The minimum Gasteiger partial charge on any atom is -0.465 e. The van der Waals surface area contributed by atoms with E-state index in [1.54, 1.807) is 0 Å². The summed E-state index contributed by atoms with van der Waals surface area (Å²) in [6, 6.07) is 0. The first-order chi connectivity index (χ1) is 15.2. The average molecular weight is 451 g/mol. The monoisotopic (exact) mass is 450 g/mol. The fraction of sp³-hybridized carbons (Fsp3) is 0.667. The largest absolute Gasteiger partial charge is 0.465 e. The number of carbonyl (C=O) groups excluding carboxylic acids is 1. The van der Waals surface area contributed by atoms with Crippen LogP contribution in [0.15, 0.2) is 46.6 Å². The molecule has 0 saturated heterocycles. The third kappa shape index (κ3) is 15.2. The van der Waals surface area contributed by atoms with Crippen LogP contribution in [0.1, 0.15) is 86.0 Å². The third-order valence-corrected chi connectivity index (χ3v) is 5.54. The second kappa shape index (κ2) is 17.8. The molecule has 0 fully saturated rings. The van der Waals surface area contributed by atoms with Gasteiger partial charge in [-0.3, -0.25) is 4.79 Å². The molecule has 0 radical (unpaired) electrons. The first kappa shape index (κ1) is 30.3. The Morgan fingerprint density at radius 1 is 0.656 bits per heavy atom. The summed E-state index contributed by atoms with van der Waals surface area (Å²) in [5.74, 6) is -0.395. The van der Waals surface area contributed by atoms with Crippen molar-refractivity contribution < 1.29 is 24.9 Å². The Balaban J connectivity index is 4.15. The van der Waals surface area contributed by atoms with E-state index in [0.717, 1.165) is 38.5 Å². The van der Waals surface area contributed by atoms with Crippen molar-refractivity contribution in [3.05, 3.63) is 46.6 Å². The van der Waals surface area contributed by atoms with Crippen LogP contribution in [0.2, 0.25) is 0 Å². The maximum absolute atomic E-state index is 11.8. The lowest BCUT2D eigenvalue weighted by molar-refractivity contribution is -0.151. The topological polar surface area (TPSA) is 87.0 Å². The molecule has 0 rings (SSSR count). The van der Waals surface area contributed by atoms with Crippen LogP contribution in [0.3, 0.4) is 0 Å². The second-order valence-electron chi connectivity index (χ2n) is 9.22. The van der Waals surface area contributed by atoms with Gasteiger partial charge in [0.15, 0.2) is 0 Å². The smallest absolute Gasteiger partial charge is 0.306 e. The zero-order valence-corrected chi connectivity index (χ0v) is 21.0.